The predicted octanol–water partition coefficient (Wildman–Crippen LogP) is 4.19. The monoisotopic (exact) mass is 374 g/mol. The summed E-state index contributed by atoms with van der Waals surface area (Å²) >= 11 is 0. The minimum atomic E-state index is -0.243. The van der Waals surface area contributed by atoms with Crippen molar-refractivity contribution in [3.05, 3.63) is 90.0 Å². The molecule has 5 nitrogen and oxygen atoms in total. The summed E-state index contributed by atoms with van der Waals surface area (Å²) in [6.07, 6.45) is 0.315. The fourth-order valence-electron chi connectivity index (χ4n) is 2.72. The molecule has 3 aromatic rings. The first-order valence-corrected chi connectivity index (χ1v) is 9.02. The van der Waals surface area contributed by atoms with E-state index >= 15 is 0 Å². The van der Waals surface area contributed by atoms with Gasteiger partial charge >= 0.3 is 0 Å². The van der Waals surface area contributed by atoms with E-state index in [1.807, 2.05) is 61.5 Å². The van der Waals surface area contributed by atoms with E-state index in [1.165, 1.54) is 0 Å². The van der Waals surface area contributed by atoms with Crippen LogP contribution in [0.15, 0.2) is 78.9 Å². The molecule has 0 aliphatic carbocycles. The highest BCUT2D eigenvalue weighted by Gasteiger charge is 2.08. The van der Waals surface area contributed by atoms with Crippen LogP contribution in [0.2, 0.25) is 0 Å². The Bertz CT molecular complexity index is 941. The molecule has 0 heterocycles. The summed E-state index contributed by atoms with van der Waals surface area (Å²) < 4.78 is 5.44. The molecule has 0 fully saturated rings. The molecule has 0 unspecified atom stereocenters. The molecule has 2 amide bonds. The summed E-state index contributed by atoms with van der Waals surface area (Å²) in [5.74, 6) is 0.317. The number of amides is 2. The summed E-state index contributed by atoms with van der Waals surface area (Å²) in [7, 11) is 0. The van der Waals surface area contributed by atoms with Crippen molar-refractivity contribution in [3.63, 3.8) is 0 Å². The zero-order valence-electron chi connectivity index (χ0n) is 15.6. The van der Waals surface area contributed by atoms with E-state index in [0.717, 1.165) is 11.1 Å². The quantitative estimate of drug-likeness (QED) is 0.651. The maximum absolute atomic E-state index is 12.2. The van der Waals surface area contributed by atoms with E-state index in [1.54, 1.807) is 24.3 Å². The van der Waals surface area contributed by atoms with E-state index in [0.29, 0.717) is 23.5 Å². The number of carbonyl (C=O) groups excluding carboxylic acids is 2. The topological polar surface area (TPSA) is 67.4 Å². The van der Waals surface area contributed by atoms with E-state index in [-0.39, 0.29) is 18.4 Å². The SMILES string of the molecule is Cc1cc(NC(=O)Cc2ccccc2)ccc1NC(=O)COc1ccccc1. The van der Waals surface area contributed by atoms with Gasteiger partial charge in [-0.1, -0.05) is 48.5 Å². The third kappa shape index (κ3) is 5.71. The second-order valence-electron chi connectivity index (χ2n) is 6.39. The van der Waals surface area contributed by atoms with Gasteiger partial charge in [-0.05, 0) is 48.4 Å². The lowest BCUT2D eigenvalue weighted by Gasteiger charge is -2.12. The molecule has 0 saturated heterocycles. The number of hydrogen-bond donors (Lipinski definition) is 2. The molecular weight excluding hydrogens is 352 g/mol. The van der Waals surface area contributed by atoms with E-state index in [4.69, 9.17) is 4.74 Å². The molecule has 0 aromatic heterocycles. The van der Waals surface area contributed by atoms with Crippen LogP contribution in [0.1, 0.15) is 11.1 Å². The lowest BCUT2D eigenvalue weighted by molar-refractivity contribution is -0.118. The fraction of sp³-hybridized carbons (Fsp3) is 0.130. The average Bonchev–Trinajstić information content (AvgIpc) is 2.70. The van der Waals surface area contributed by atoms with Crippen LogP contribution in [0.4, 0.5) is 11.4 Å². The average molecular weight is 374 g/mol. The minimum absolute atomic E-state index is 0.0704. The zero-order valence-corrected chi connectivity index (χ0v) is 15.6. The second-order valence-corrected chi connectivity index (χ2v) is 6.39. The van der Waals surface area contributed by atoms with Gasteiger partial charge in [-0.2, -0.15) is 0 Å². The van der Waals surface area contributed by atoms with Crippen molar-refractivity contribution < 1.29 is 14.3 Å². The van der Waals surface area contributed by atoms with Crippen molar-refractivity contribution in [3.8, 4) is 5.75 Å². The molecule has 0 aliphatic heterocycles. The van der Waals surface area contributed by atoms with Gasteiger partial charge in [-0.3, -0.25) is 9.59 Å². The predicted molar refractivity (Wildman–Crippen MR) is 111 cm³/mol. The molecular formula is C23H22N2O3. The lowest BCUT2D eigenvalue weighted by atomic mass is 10.1. The third-order valence-corrected chi connectivity index (χ3v) is 4.10. The normalized spacial score (nSPS) is 10.2. The van der Waals surface area contributed by atoms with Gasteiger partial charge in [-0.25, -0.2) is 0 Å². The van der Waals surface area contributed by atoms with Crippen LogP contribution < -0.4 is 15.4 Å². The van der Waals surface area contributed by atoms with Crippen LogP contribution in [0.3, 0.4) is 0 Å². The van der Waals surface area contributed by atoms with Gasteiger partial charge in [0.1, 0.15) is 5.75 Å². The Morgan fingerprint density at radius 3 is 2.18 bits per heavy atom. The highest BCUT2D eigenvalue weighted by molar-refractivity contribution is 5.95. The molecule has 0 bridgehead atoms. The Morgan fingerprint density at radius 1 is 0.821 bits per heavy atom. The fourth-order valence-corrected chi connectivity index (χ4v) is 2.72. The Hall–Kier alpha value is -3.60. The molecule has 0 radical (unpaired) electrons. The van der Waals surface area contributed by atoms with Gasteiger partial charge in [0.05, 0.1) is 6.42 Å². The molecule has 0 spiro atoms. The van der Waals surface area contributed by atoms with Crippen LogP contribution in [0.5, 0.6) is 5.75 Å². The number of carbonyl (C=O) groups is 2. The highest BCUT2D eigenvalue weighted by atomic mass is 16.5. The third-order valence-electron chi connectivity index (χ3n) is 4.10. The van der Waals surface area contributed by atoms with Crippen molar-refractivity contribution in [2.75, 3.05) is 17.2 Å². The van der Waals surface area contributed by atoms with Crippen LogP contribution in [0.25, 0.3) is 0 Å². The van der Waals surface area contributed by atoms with Crippen LogP contribution in [-0.4, -0.2) is 18.4 Å². The van der Waals surface area contributed by atoms with Crippen LogP contribution in [0, 0.1) is 6.92 Å². The van der Waals surface area contributed by atoms with Crippen molar-refractivity contribution in [1.29, 1.82) is 0 Å². The maximum Gasteiger partial charge on any atom is 0.262 e. The Labute approximate surface area is 164 Å². The molecule has 2 N–H and O–H groups in total. The second kappa shape index (κ2) is 9.37. The summed E-state index contributed by atoms with van der Waals surface area (Å²) in [6, 6.07) is 24.1. The first-order valence-electron chi connectivity index (χ1n) is 9.02. The lowest BCUT2D eigenvalue weighted by Crippen LogP contribution is -2.20. The number of para-hydroxylation sites is 1. The van der Waals surface area contributed by atoms with Gasteiger partial charge < -0.3 is 15.4 Å². The minimum Gasteiger partial charge on any atom is -0.484 e. The van der Waals surface area contributed by atoms with Gasteiger partial charge in [0, 0.05) is 11.4 Å². The maximum atomic E-state index is 12.2. The number of benzene rings is 3. The molecule has 142 valence electrons. The Kier molecular flexibility index (Phi) is 6.41. The number of hydrogen-bond acceptors (Lipinski definition) is 3. The largest absolute Gasteiger partial charge is 0.484 e. The molecule has 0 saturated carbocycles. The van der Waals surface area contributed by atoms with Gasteiger partial charge in [-0.15, -0.1) is 0 Å². The highest BCUT2D eigenvalue weighted by Crippen LogP contribution is 2.20. The number of aryl methyl sites for hydroxylation is 1. The molecule has 5 heteroatoms. The first kappa shape index (κ1) is 19.2. The van der Waals surface area contributed by atoms with Gasteiger partial charge in [0.25, 0.3) is 5.91 Å². The van der Waals surface area contributed by atoms with Gasteiger partial charge in [0.15, 0.2) is 6.61 Å². The molecule has 3 aromatic carbocycles. The molecule has 28 heavy (non-hydrogen) atoms. The van der Waals surface area contributed by atoms with Crippen molar-refractivity contribution in [1.82, 2.24) is 0 Å². The van der Waals surface area contributed by atoms with Crippen molar-refractivity contribution in [2.24, 2.45) is 0 Å². The number of ether oxygens (including phenoxy) is 1. The zero-order chi connectivity index (χ0) is 19.8. The number of nitrogens with one attached hydrogen (secondary N) is 2. The number of rotatable bonds is 7. The first-order chi connectivity index (χ1) is 13.6. The molecule has 0 aliphatic rings. The van der Waals surface area contributed by atoms with Crippen LogP contribution in [-0.2, 0) is 16.0 Å². The molecule has 0 atom stereocenters. The molecule has 3 rings (SSSR count). The summed E-state index contributed by atoms with van der Waals surface area (Å²) in [6.45, 7) is 1.81. The standard InChI is InChI=1S/C23H22N2O3/c1-17-14-19(24-22(26)15-18-8-4-2-5-9-18)12-13-21(17)25-23(27)16-28-20-10-6-3-7-11-20/h2-14H,15-16H2,1H3,(H,24,26)(H,25,27). The van der Waals surface area contributed by atoms with E-state index in [9.17, 15) is 9.59 Å². The van der Waals surface area contributed by atoms with Crippen molar-refractivity contribution in [2.45, 2.75) is 13.3 Å². The summed E-state index contributed by atoms with van der Waals surface area (Å²) in [5.41, 5.74) is 3.18. The Morgan fingerprint density at radius 2 is 1.50 bits per heavy atom. The smallest absolute Gasteiger partial charge is 0.262 e. The Balaban J connectivity index is 1.53. The van der Waals surface area contributed by atoms with Crippen LogP contribution >= 0.6 is 0 Å². The van der Waals surface area contributed by atoms with Crippen molar-refractivity contribution >= 4 is 23.2 Å². The summed E-state index contributed by atoms with van der Waals surface area (Å²) in [5, 5.41) is 5.71. The summed E-state index contributed by atoms with van der Waals surface area (Å²) in [4.78, 5) is 24.3. The van der Waals surface area contributed by atoms with Gasteiger partial charge in [0.2, 0.25) is 5.91 Å². The van der Waals surface area contributed by atoms with E-state index in [2.05, 4.69) is 10.6 Å². The van der Waals surface area contributed by atoms with E-state index < -0.39 is 0 Å². The number of anilines is 2.